The lowest BCUT2D eigenvalue weighted by Gasteiger charge is -2.08. The van der Waals surface area contributed by atoms with Crippen LogP contribution in [0.5, 0.6) is 0 Å². The molecular weight excluding hydrogens is 136 g/mol. The largest absolute Gasteiger partial charge is 0.326 e. The Morgan fingerprint density at radius 1 is 1.78 bits per heavy atom. The van der Waals surface area contributed by atoms with Crippen molar-refractivity contribution >= 4 is 11.0 Å². The van der Waals surface area contributed by atoms with Crippen LogP contribution < -0.4 is 5.73 Å². The Morgan fingerprint density at radius 3 is 2.67 bits per heavy atom. The van der Waals surface area contributed by atoms with E-state index in [-0.39, 0.29) is 6.04 Å². The molecule has 0 aromatic heterocycles. The standard InChI is InChI=1S/C5H12N2OS/c1-9(8)7-3-2-5(6)4-7/h5H,2-4,6H2,1H3/t5-,9?/m0/s1. The SMILES string of the molecule is CS(=O)N1CC[C@H](N)C1. The minimum absolute atomic E-state index is 0.244. The first-order valence-corrected chi connectivity index (χ1v) is 4.55. The summed E-state index contributed by atoms with van der Waals surface area (Å²) in [5.74, 6) is 0. The van der Waals surface area contributed by atoms with E-state index in [0.717, 1.165) is 19.5 Å². The summed E-state index contributed by atoms with van der Waals surface area (Å²) in [7, 11) is -0.808. The Labute approximate surface area is 57.8 Å². The third kappa shape index (κ3) is 1.74. The second-order valence-electron chi connectivity index (χ2n) is 2.36. The summed E-state index contributed by atoms with van der Waals surface area (Å²) >= 11 is 0. The molecule has 1 unspecified atom stereocenters. The Bertz CT molecular complexity index is 128. The molecule has 9 heavy (non-hydrogen) atoms. The van der Waals surface area contributed by atoms with Crippen LogP contribution in [0.2, 0.25) is 0 Å². The zero-order valence-corrected chi connectivity index (χ0v) is 6.36. The van der Waals surface area contributed by atoms with Crippen LogP contribution in [0.1, 0.15) is 6.42 Å². The lowest BCUT2D eigenvalue weighted by atomic mass is 10.3. The fourth-order valence-electron chi connectivity index (χ4n) is 0.987. The molecule has 0 aromatic rings. The van der Waals surface area contributed by atoms with Crippen molar-refractivity contribution in [2.75, 3.05) is 19.3 Å². The highest BCUT2D eigenvalue weighted by atomic mass is 32.2. The van der Waals surface area contributed by atoms with Gasteiger partial charge in [-0.05, 0) is 6.42 Å². The van der Waals surface area contributed by atoms with Gasteiger partial charge in [-0.2, -0.15) is 0 Å². The second kappa shape index (κ2) is 2.77. The Morgan fingerprint density at radius 2 is 2.44 bits per heavy atom. The number of nitrogens with zero attached hydrogens (tertiary/aromatic N) is 1. The van der Waals surface area contributed by atoms with E-state index in [4.69, 9.17) is 5.73 Å². The van der Waals surface area contributed by atoms with Crippen LogP contribution in [0.3, 0.4) is 0 Å². The van der Waals surface area contributed by atoms with Gasteiger partial charge in [-0.3, -0.25) is 0 Å². The lowest BCUT2D eigenvalue weighted by molar-refractivity contribution is 0.531. The van der Waals surface area contributed by atoms with Gasteiger partial charge in [-0.25, -0.2) is 8.51 Å². The predicted molar refractivity (Wildman–Crippen MR) is 38.2 cm³/mol. The van der Waals surface area contributed by atoms with Crippen LogP contribution in [0.15, 0.2) is 0 Å². The molecule has 1 fully saturated rings. The average molecular weight is 148 g/mol. The van der Waals surface area contributed by atoms with E-state index in [1.54, 1.807) is 6.26 Å². The monoisotopic (exact) mass is 148 g/mol. The summed E-state index contributed by atoms with van der Waals surface area (Å²) in [5.41, 5.74) is 5.59. The highest BCUT2D eigenvalue weighted by Crippen LogP contribution is 2.07. The van der Waals surface area contributed by atoms with Gasteiger partial charge in [-0.1, -0.05) is 0 Å². The topological polar surface area (TPSA) is 46.3 Å². The van der Waals surface area contributed by atoms with Crippen molar-refractivity contribution in [3.05, 3.63) is 0 Å². The van der Waals surface area contributed by atoms with Gasteiger partial charge in [0.15, 0.2) is 0 Å². The van der Waals surface area contributed by atoms with Gasteiger partial charge < -0.3 is 5.73 Å². The fourth-order valence-corrected chi connectivity index (χ4v) is 1.75. The lowest BCUT2D eigenvalue weighted by Crippen LogP contribution is -2.27. The molecule has 1 aliphatic heterocycles. The summed E-state index contributed by atoms with van der Waals surface area (Å²) in [4.78, 5) is 0. The van der Waals surface area contributed by atoms with Gasteiger partial charge in [-0.15, -0.1) is 0 Å². The maximum absolute atomic E-state index is 10.8. The highest BCUT2D eigenvalue weighted by Gasteiger charge is 2.20. The van der Waals surface area contributed by atoms with E-state index in [0.29, 0.717) is 0 Å². The first-order valence-electron chi connectivity index (χ1n) is 3.04. The molecule has 0 amide bonds. The summed E-state index contributed by atoms with van der Waals surface area (Å²) in [6.07, 6.45) is 2.68. The molecule has 0 bridgehead atoms. The predicted octanol–water partition coefficient (Wildman–Crippen LogP) is -0.687. The fraction of sp³-hybridized carbons (Fsp3) is 1.00. The molecule has 1 saturated heterocycles. The van der Waals surface area contributed by atoms with Crippen LogP contribution in [0, 0.1) is 0 Å². The Hall–Kier alpha value is 0.0700. The molecular formula is C5H12N2OS. The normalized spacial score (nSPS) is 32.9. The summed E-state index contributed by atoms with van der Waals surface area (Å²) in [6, 6.07) is 0.244. The van der Waals surface area contributed by atoms with E-state index in [1.165, 1.54) is 0 Å². The zero-order valence-electron chi connectivity index (χ0n) is 5.54. The van der Waals surface area contributed by atoms with Crippen molar-refractivity contribution in [1.29, 1.82) is 0 Å². The summed E-state index contributed by atoms with van der Waals surface area (Å²) < 4.78 is 12.7. The third-order valence-corrected chi connectivity index (χ3v) is 2.61. The maximum atomic E-state index is 10.8. The maximum Gasteiger partial charge on any atom is 0.0911 e. The molecule has 1 heterocycles. The van der Waals surface area contributed by atoms with Gasteiger partial charge in [0.2, 0.25) is 0 Å². The quantitative estimate of drug-likeness (QED) is 0.535. The molecule has 0 aromatic carbocycles. The molecule has 4 heteroatoms. The Kier molecular flexibility index (Phi) is 2.21. The van der Waals surface area contributed by atoms with Gasteiger partial charge in [0.05, 0.1) is 11.0 Å². The van der Waals surface area contributed by atoms with Gasteiger partial charge in [0, 0.05) is 25.4 Å². The summed E-state index contributed by atoms with van der Waals surface area (Å²) in [5, 5.41) is 0. The molecule has 0 aliphatic carbocycles. The van der Waals surface area contributed by atoms with Crippen LogP contribution in [-0.2, 0) is 11.0 Å². The molecule has 1 rings (SSSR count). The van der Waals surface area contributed by atoms with Crippen LogP contribution in [0.4, 0.5) is 0 Å². The van der Waals surface area contributed by atoms with Crippen molar-refractivity contribution in [3.63, 3.8) is 0 Å². The van der Waals surface area contributed by atoms with Gasteiger partial charge >= 0.3 is 0 Å². The second-order valence-corrected chi connectivity index (χ2v) is 3.72. The summed E-state index contributed by atoms with van der Waals surface area (Å²) in [6.45, 7) is 1.69. The molecule has 3 nitrogen and oxygen atoms in total. The van der Waals surface area contributed by atoms with E-state index < -0.39 is 11.0 Å². The zero-order chi connectivity index (χ0) is 6.85. The Balaban J connectivity index is 2.39. The van der Waals surface area contributed by atoms with Crippen LogP contribution >= 0.6 is 0 Å². The van der Waals surface area contributed by atoms with E-state index >= 15 is 0 Å². The minimum Gasteiger partial charge on any atom is -0.326 e. The molecule has 1 aliphatic rings. The highest BCUT2D eigenvalue weighted by molar-refractivity contribution is 7.81. The molecule has 0 radical (unpaired) electrons. The molecule has 0 spiro atoms. The van der Waals surface area contributed by atoms with Gasteiger partial charge in [0.25, 0.3) is 0 Å². The van der Waals surface area contributed by atoms with E-state index in [1.807, 2.05) is 4.31 Å². The number of hydrogen-bond donors (Lipinski definition) is 1. The van der Waals surface area contributed by atoms with Crippen molar-refractivity contribution in [3.8, 4) is 0 Å². The smallest absolute Gasteiger partial charge is 0.0911 e. The molecule has 2 N–H and O–H groups in total. The first-order chi connectivity index (χ1) is 4.20. The van der Waals surface area contributed by atoms with Crippen LogP contribution in [-0.4, -0.2) is 33.9 Å². The molecule has 54 valence electrons. The first kappa shape index (κ1) is 7.18. The average Bonchev–Trinajstić information content (AvgIpc) is 2.14. The number of nitrogens with two attached hydrogens (primary N) is 1. The third-order valence-electron chi connectivity index (χ3n) is 1.55. The van der Waals surface area contributed by atoms with Crippen molar-refractivity contribution in [2.45, 2.75) is 12.5 Å². The van der Waals surface area contributed by atoms with Gasteiger partial charge in [0.1, 0.15) is 0 Å². The van der Waals surface area contributed by atoms with E-state index in [9.17, 15) is 4.21 Å². The number of rotatable bonds is 1. The minimum atomic E-state index is -0.808. The molecule has 2 atom stereocenters. The van der Waals surface area contributed by atoms with E-state index in [2.05, 4.69) is 0 Å². The molecule has 0 saturated carbocycles. The van der Waals surface area contributed by atoms with Crippen LogP contribution in [0.25, 0.3) is 0 Å². The van der Waals surface area contributed by atoms with Crippen molar-refractivity contribution < 1.29 is 4.21 Å². The van der Waals surface area contributed by atoms with Crippen molar-refractivity contribution in [1.82, 2.24) is 4.31 Å². The number of hydrogen-bond acceptors (Lipinski definition) is 2. The van der Waals surface area contributed by atoms with Crippen molar-refractivity contribution in [2.24, 2.45) is 5.73 Å².